The molecule has 0 amide bonds. The second-order valence-corrected chi connectivity index (χ2v) is 4.39. The number of imidazole rings is 1. The number of hydrogen-bond donors (Lipinski definition) is 1. The fraction of sp³-hybridized carbons (Fsp3) is 0.364. The Labute approximate surface area is 93.8 Å². The first-order chi connectivity index (χ1) is 7.27. The summed E-state index contributed by atoms with van der Waals surface area (Å²) in [5.74, 6) is 1.07. The van der Waals surface area contributed by atoms with Gasteiger partial charge >= 0.3 is 0 Å². The number of nitrogens with one attached hydrogen (secondary N) is 1. The normalized spacial score (nSPS) is 12.9. The van der Waals surface area contributed by atoms with Crippen molar-refractivity contribution in [2.45, 2.75) is 19.5 Å². The van der Waals surface area contributed by atoms with Crippen LogP contribution in [0.2, 0.25) is 0 Å². The summed E-state index contributed by atoms with van der Waals surface area (Å²) in [6.45, 7) is 2.98. The van der Waals surface area contributed by atoms with Gasteiger partial charge in [0.15, 0.2) is 0 Å². The van der Waals surface area contributed by atoms with E-state index in [4.69, 9.17) is 0 Å². The highest BCUT2D eigenvalue weighted by molar-refractivity contribution is 7.07. The van der Waals surface area contributed by atoms with Gasteiger partial charge in [-0.25, -0.2) is 4.98 Å². The Bertz CT molecular complexity index is 405. The number of rotatable bonds is 4. The van der Waals surface area contributed by atoms with Crippen LogP contribution in [0.25, 0.3) is 0 Å². The second kappa shape index (κ2) is 4.59. The van der Waals surface area contributed by atoms with Gasteiger partial charge in [0.2, 0.25) is 0 Å². The number of aryl methyl sites for hydroxylation is 1. The molecule has 0 aliphatic rings. The van der Waals surface area contributed by atoms with Crippen molar-refractivity contribution in [3.8, 4) is 0 Å². The molecule has 1 unspecified atom stereocenters. The molecule has 2 heterocycles. The molecule has 15 heavy (non-hydrogen) atoms. The van der Waals surface area contributed by atoms with Gasteiger partial charge in [-0.15, -0.1) is 0 Å². The van der Waals surface area contributed by atoms with Crippen LogP contribution in [0.4, 0.5) is 0 Å². The molecule has 0 aromatic carbocycles. The molecule has 0 spiro atoms. The quantitative estimate of drug-likeness (QED) is 0.858. The first-order valence-electron chi connectivity index (χ1n) is 4.99. The summed E-state index contributed by atoms with van der Waals surface area (Å²) in [5.41, 5.74) is 1.34. The molecular formula is C11H15N3S. The van der Waals surface area contributed by atoms with Crippen LogP contribution in [0.1, 0.15) is 24.4 Å². The molecule has 2 aromatic heterocycles. The molecule has 0 bridgehead atoms. The predicted octanol–water partition coefficient (Wildman–Crippen LogP) is 2.33. The molecule has 0 saturated heterocycles. The van der Waals surface area contributed by atoms with Crippen molar-refractivity contribution in [2.75, 3.05) is 0 Å². The predicted molar refractivity (Wildman–Crippen MR) is 62.8 cm³/mol. The highest BCUT2D eigenvalue weighted by Crippen LogP contribution is 2.15. The third-order valence-electron chi connectivity index (χ3n) is 2.53. The van der Waals surface area contributed by atoms with Crippen LogP contribution >= 0.6 is 11.3 Å². The van der Waals surface area contributed by atoms with E-state index in [1.54, 1.807) is 11.3 Å². The van der Waals surface area contributed by atoms with E-state index >= 15 is 0 Å². The summed E-state index contributed by atoms with van der Waals surface area (Å²) >= 11 is 1.73. The van der Waals surface area contributed by atoms with Crippen molar-refractivity contribution in [3.05, 3.63) is 40.6 Å². The summed E-state index contributed by atoms with van der Waals surface area (Å²) < 4.78 is 2.04. The third-order valence-corrected chi connectivity index (χ3v) is 3.23. The van der Waals surface area contributed by atoms with Gasteiger partial charge in [0.05, 0.1) is 6.54 Å². The van der Waals surface area contributed by atoms with E-state index < -0.39 is 0 Å². The minimum absolute atomic E-state index is 0.382. The summed E-state index contributed by atoms with van der Waals surface area (Å²) in [7, 11) is 2.01. The lowest BCUT2D eigenvalue weighted by molar-refractivity contribution is 0.550. The van der Waals surface area contributed by atoms with Crippen LogP contribution in [-0.2, 0) is 13.6 Å². The average Bonchev–Trinajstić information content (AvgIpc) is 2.85. The van der Waals surface area contributed by atoms with Crippen molar-refractivity contribution in [1.29, 1.82) is 0 Å². The Balaban J connectivity index is 1.91. The number of thiophene rings is 1. The molecule has 3 nitrogen and oxygen atoms in total. The zero-order valence-electron chi connectivity index (χ0n) is 8.97. The highest BCUT2D eigenvalue weighted by Gasteiger charge is 2.06. The Morgan fingerprint density at radius 2 is 2.47 bits per heavy atom. The first kappa shape index (κ1) is 10.4. The van der Waals surface area contributed by atoms with Gasteiger partial charge in [0.1, 0.15) is 5.82 Å². The molecule has 1 N–H and O–H groups in total. The van der Waals surface area contributed by atoms with Crippen molar-refractivity contribution in [3.63, 3.8) is 0 Å². The van der Waals surface area contributed by atoms with Crippen molar-refractivity contribution >= 4 is 11.3 Å². The third kappa shape index (κ3) is 2.46. The van der Waals surface area contributed by atoms with Gasteiger partial charge in [-0.1, -0.05) is 0 Å². The molecule has 80 valence electrons. The standard InChI is InChI=1S/C11H15N3S/c1-9(10-3-6-15-8-10)13-7-11-12-4-5-14(11)2/h3-6,8-9,13H,7H2,1-2H3. The minimum Gasteiger partial charge on any atom is -0.337 e. The Morgan fingerprint density at radius 1 is 1.60 bits per heavy atom. The minimum atomic E-state index is 0.382. The zero-order valence-corrected chi connectivity index (χ0v) is 9.79. The summed E-state index contributed by atoms with van der Waals surface area (Å²) in [6, 6.07) is 2.54. The smallest absolute Gasteiger partial charge is 0.122 e. The number of aromatic nitrogens is 2. The van der Waals surface area contributed by atoms with Gasteiger partial charge in [-0.05, 0) is 29.3 Å². The lowest BCUT2D eigenvalue weighted by Crippen LogP contribution is -2.19. The van der Waals surface area contributed by atoms with E-state index in [-0.39, 0.29) is 0 Å². The maximum atomic E-state index is 4.27. The summed E-state index contributed by atoms with van der Waals surface area (Å²) in [4.78, 5) is 4.27. The Morgan fingerprint density at radius 3 is 3.07 bits per heavy atom. The van der Waals surface area contributed by atoms with E-state index in [9.17, 15) is 0 Å². The van der Waals surface area contributed by atoms with E-state index in [1.165, 1.54) is 5.56 Å². The van der Waals surface area contributed by atoms with E-state index in [0.717, 1.165) is 12.4 Å². The number of hydrogen-bond acceptors (Lipinski definition) is 3. The van der Waals surface area contributed by atoms with Gasteiger partial charge in [0.25, 0.3) is 0 Å². The molecule has 0 aliphatic heterocycles. The van der Waals surface area contributed by atoms with E-state index in [1.807, 2.05) is 24.0 Å². The van der Waals surface area contributed by atoms with Crippen LogP contribution < -0.4 is 5.32 Å². The molecule has 4 heteroatoms. The fourth-order valence-electron chi connectivity index (χ4n) is 1.45. The zero-order chi connectivity index (χ0) is 10.7. The van der Waals surface area contributed by atoms with Crippen LogP contribution in [-0.4, -0.2) is 9.55 Å². The SMILES string of the molecule is CC(NCc1nccn1C)c1ccsc1. The topological polar surface area (TPSA) is 29.9 Å². The number of nitrogens with zero attached hydrogens (tertiary/aromatic N) is 2. The first-order valence-corrected chi connectivity index (χ1v) is 5.93. The van der Waals surface area contributed by atoms with Gasteiger partial charge < -0.3 is 9.88 Å². The summed E-state index contributed by atoms with van der Waals surface area (Å²) in [5, 5.41) is 7.73. The Kier molecular flexibility index (Phi) is 3.18. The largest absolute Gasteiger partial charge is 0.337 e. The van der Waals surface area contributed by atoms with Crippen molar-refractivity contribution in [2.24, 2.45) is 7.05 Å². The van der Waals surface area contributed by atoms with Crippen molar-refractivity contribution < 1.29 is 0 Å². The molecule has 1 atom stereocenters. The van der Waals surface area contributed by atoms with Gasteiger partial charge in [0, 0.05) is 25.5 Å². The van der Waals surface area contributed by atoms with E-state index in [2.05, 4.69) is 34.1 Å². The molecule has 0 fully saturated rings. The fourth-order valence-corrected chi connectivity index (χ4v) is 2.20. The molecule has 0 radical (unpaired) electrons. The summed E-state index contributed by atoms with van der Waals surface area (Å²) in [6.07, 6.45) is 3.79. The molecular weight excluding hydrogens is 206 g/mol. The van der Waals surface area contributed by atoms with E-state index in [0.29, 0.717) is 6.04 Å². The van der Waals surface area contributed by atoms with Crippen LogP contribution in [0, 0.1) is 0 Å². The van der Waals surface area contributed by atoms with Crippen LogP contribution in [0.15, 0.2) is 29.2 Å². The monoisotopic (exact) mass is 221 g/mol. The second-order valence-electron chi connectivity index (χ2n) is 3.61. The van der Waals surface area contributed by atoms with Gasteiger partial charge in [-0.2, -0.15) is 11.3 Å². The molecule has 0 saturated carbocycles. The Hall–Kier alpha value is -1.13. The lowest BCUT2D eigenvalue weighted by atomic mass is 10.2. The molecule has 2 rings (SSSR count). The van der Waals surface area contributed by atoms with Gasteiger partial charge in [-0.3, -0.25) is 0 Å². The lowest BCUT2D eigenvalue weighted by Gasteiger charge is -2.11. The maximum absolute atomic E-state index is 4.27. The van der Waals surface area contributed by atoms with Crippen molar-refractivity contribution in [1.82, 2.24) is 14.9 Å². The van der Waals surface area contributed by atoms with Crippen LogP contribution in [0.3, 0.4) is 0 Å². The highest BCUT2D eigenvalue weighted by atomic mass is 32.1. The van der Waals surface area contributed by atoms with Crippen LogP contribution in [0.5, 0.6) is 0 Å². The average molecular weight is 221 g/mol. The molecule has 2 aromatic rings. The maximum Gasteiger partial charge on any atom is 0.122 e. The molecule has 0 aliphatic carbocycles.